The Kier molecular flexibility index (Phi) is 7.16. The lowest BCUT2D eigenvalue weighted by Crippen LogP contribution is -2.45. The summed E-state index contributed by atoms with van der Waals surface area (Å²) in [5, 5.41) is 12.6. The largest absolute Gasteiger partial charge is 0.272 e. The molecule has 0 radical (unpaired) electrons. The molecule has 1 N–H and O–H groups in total. The summed E-state index contributed by atoms with van der Waals surface area (Å²) in [6.07, 6.45) is 0. The van der Waals surface area contributed by atoms with Crippen molar-refractivity contribution in [2.45, 2.75) is 17.5 Å². The number of nitrogens with one attached hydrogen (secondary N) is 1. The maximum atomic E-state index is 13.4. The van der Waals surface area contributed by atoms with Gasteiger partial charge in [0.25, 0.3) is 17.2 Å². The van der Waals surface area contributed by atoms with Gasteiger partial charge in [-0.2, -0.15) is 0 Å². The third-order valence-corrected chi connectivity index (χ3v) is 8.00. The number of benzene rings is 3. The number of non-ortho nitro benzene ring substituents is 1. The Morgan fingerprint density at radius 3 is 2.66 bits per heavy atom. The summed E-state index contributed by atoms with van der Waals surface area (Å²) < 4.78 is 1.47. The Hall–Kier alpha value is -4.16. The summed E-state index contributed by atoms with van der Waals surface area (Å²) >= 11 is 2.34. The number of aryl methyl sites for hydroxylation is 1. The van der Waals surface area contributed by atoms with Crippen molar-refractivity contribution in [2.24, 2.45) is 0 Å². The highest BCUT2D eigenvalue weighted by Crippen LogP contribution is 2.38. The molecule has 192 valence electrons. The summed E-state index contributed by atoms with van der Waals surface area (Å²) in [6, 6.07) is 20.4. The topological polar surface area (TPSA) is 127 Å². The van der Waals surface area contributed by atoms with Crippen LogP contribution in [-0.2, 0) is 9.59 Å². The lowest BCUT2D eigenvalue weighted by molar-refractivity contribution is -0.384. The molecule has 3 aromatic carbocycles. The van der Waals surface area contributed by atoms with Gasteiger partial charge in [0.1, 0.15) is 5.37 Å². The molecule has 5 rings (SSSR count). The van der Waals surface area contributed by atoms with E-state index in [1.807, 2.05) is 31.2 Å². The molecule has 1 aliphatic heterocycles. The highest BCUT2D eigenvalue weighted by molar-refractivity contribution is 8.00. The van der Waals surface area contributed by atoms with E-state index in [1.165, 1.54) is 33.5 Å². The number of aromatic nitrogens is 2. The van der Waals surface area contributed by atoms with E-state index in [-0.39, 0.29) is 28.7 Å². The van der Waals surface area contributed by atoms with E-state index in [0.717, 1.165) is 17.3 Å². The molecule has 1 aromatic heterocycles. The number of nitrogens with zero attached hydrogens (tertiary/aromatic N) is 4. The number of rotatable bonds is 7. The summed E-state index contributed by atoms with van der Waals surface area (Å²) in [5.41, 5.74) is 5.00. The normalized spacial score (nSPS) is 15.1. The highest BCUT2D eigenvalue weighted by atomic mass is 32.2. The third kappa shape index (κ3) is 5.13. The van der Waals surface area contributed by atoms with Crippen LogP contribution in [0.4, 0.5) is 5.69 Å². The minimum atomic E-state index is -0.596. The molecule has 1 atom stereocenters. The van der Waals surface area contributed by atoms with Gasteiger partial charge in [0.15, 0.2) is 5.16 Å². The van der Waals surface area contributed by atoms with Crippen molar-refractivity contribution in [3.8, 4) is 5.69 Å². The van der Waals surface area contributed by atoms with Gasteiger partial charge in [0, 0.05) is 12.1 Å². The maximum Gasteiger partial charge on any atom is 0.269 e. The fourth-order valence-corrected chi connectivity index (χ4v) is 5.91. The van der Waals surface area contributed by atoms with Crippen molar-refractivity contribution in [3.05, 3.63) is 104 Å². The summed E-state index contributed by atoms with van der Waals surface area (Å²) in [7, 11) is 0. The summed E-state index contributed by atoms with van der Waals surface area (Å²) in [4.78, 5) is 54.2. The van der Waals surface area contributed by atoms with E-state index in [2.05, 4.69) is 10.4 Å². The van der Waals surface area contributed by atoms with Gasteiger partial charge in [-0.3, -0.25) is 34.5 Å². The molecule has 4 aromatic rings. The first-order valence-electron chi connectivity index (χ1n) is 11.5. The number of nitro benzene ring substituents is 1. The molecule has 12 heteroatoms. The molecule has 0 aliphatic carbocycles. The number of amides is 2. The molecule has 2 amide bonds. The first-order valence-corrected chi connectivity index (χ1v) is 13.5. The van der Waals surface area contributed by atoms with Gasteiger partial charge in [-0.15, -0.1) is 11.8 Å². The van der Waals surface area contributed by atoms with E-state index < -0.39 is 16.2 Å². The summed E-state index contributed by atoms with van der Waals surface area (Å²) in [6.45, 7) is 1.95. The molecule has 0 bridgehead atoms. The zero-order valence-electron chi connectivity index (χ0n) is 20.1. The molecule has 1 fully saturated rings. The quantitative estimate of drug-likeness (QED) is 0.159. The molecule has 1 unspecified atom stereocenters. The van der Waals surface area contributed by atoms with E-state index >= 15 is 0 Å². The van der Waals surface area contributed by atoms with E-state index in [1.54, 1.807) is 36.4 Å². The predicted molar refractivity (Wildman–Crippen MR) is 146 cm³/mol. The van der Waals surface area contributed by atoms with Crippen LogP contribution in [-0.4, -0.2) is 42.8 Å². The standard InChI is InChI=1S/C26H21N5O5S2/c1-16-9-11-18(12-10-16)29-24(34)20-7-2-3-8-21(20)27-26(29)38-14-22(32)28-30-23(33)15-37-25(30)17-5-4-6-19(13-17)31(35)36/h2-13,25H,14-15H2,1H3,(H,28,32). The van der Waals surface area contributed by atoms with E-state index in [0.29, 0.717) is 27.3 Å². The van der Waals surface area contributed by atoms with Crippen molar-refractivity contribution >= 4 is 51.9 Å². The first-order chi connectivity index (χ1) is 18.3. The second kappa shape index (κ2) is 10.7. The van der Waals surface area contributed by atoms with Gasteiger partial charge in [0.05, 0.1) is 33.0 Å². The number of carbonyl (C=O) groups excluding carboxylic acids is 2. The average Bonchev–Trinajstić information content (AvgIpc) is 3.28. The van der Waals surface area contributed by atoms with E-state index in [4.69, 9.17) is 0 Å². The van der Waals surface area contributed by atoms with Gasteiger partial charge in [-0.1, -0.05) is 53.7 Å². The van der Waals surface area contributed by atoms with Gasteiger partial charge in [-0.25, -0.2) is 9.99 Å². The predicted octanol–water partition coefficient (Wildman–Crippen LogP) is 4.00. The van der Waals surface area contributed by atoms with Crippen LogP contribution in [0.25, 0.3) is 16.6 Å². The fraction of sp³-hybridized carbons (Fsp3) is 0.154. The Morgan fingerprint density at radius 1 is 1.13 bits per heavy atom. The molecule has 10 nitrogen and oxygen atoms in total. The molecular weight excluding hydrogens is 526 g/mol. The lowest BCUT2D eigenvalue weighted by atomic mass is 10.2. The molecule has 2 heterocycles. The van der Waals surface area contributed by atoms with E-state index in [9.17, 15) is 24.5 Å². The summed E-state index contributed by atoms with van der Waals surface area (Å²) in [5.74, 6) is -0.781. The number of nitro groups is 1. The minimum Gasteiger partial charge on any atom is -0.272 e. The van der Waals surface area contributed by atoms with Crippen LogP contribution in [0.5, 0.6) is 0 Å². The van der Waals surface area contributed by atoms with Crippen LogP contribution < -0.4 is 11.0 Å². The van der Waals surface area contributed by atoms with Gasteiger partial charge in [0.2, 0.25) is 5.91 Å². The van der Waals surface area contributed by atoms with Crippen LogP contribution in [0.1, 0.15) is 16.5 Å². The molecule has 0 saturated carbocycles. The van der Waals surface area contributed by atoms with Crippen molar-refractivity contribution < 1.29 is 14.5 Å². The average molecular weight is 548 g/mol. The molecule has 1 aliphatic rings. The van der Waals surface area contributed by atoms with Crippen molar-refractivity contribution in [1.29, 1.82) is 0 Å². The molecule has 1 saturated heterocycles. The Labute approximate surface area is 225 Å². The van der Waals surface area contributed by atoms with Crippen LogP contribution in [0.2, 0.25) is 0 Å². The zero-order chi connectivity index (χ0) is 26.8. The number of hydrazine groups is 1. The second-order valence-corrected chi connectivity index (χ2v) is 10.5. The maximum absolute atomic E-state index is 13.4. The molecule has 38 heavy (non-hydrogen) atoms. The number of carbonyl (C=O) groups is 2. The van der Waals surface area contributed by atoms with Crippen LogP contribution in [0.3, 0.4) is 0 Å². The number of thioether (sulfide) groups is 2. The van der Waals surface area contributed by atoms with Crippen LogP contribution >= 0.6 is 23.5 Å². The second-order valence-electron chi connectivity index (χ2n) is 8.49. The number of hydrogen-bond donors (Lipinski definition) is 1. The van der Waals surface area contributed by atoms with Crippen LogP contribution in [0.15, 0.2) is 82.7 Å². The molecular formula is C26H21N5O5S2. The Morgan fingerprint density at radius 2 is 1.89 bits per heavy atom. The number of hydrogen-bond acceptors (Lipinski definition) is 8. The fourth-order valence-electron chi connectivity index (χ4n) is 4.01. The Balaban J connectivity index is 1.39. The smallest absolute Gasteiger partial charge is 0.269 e. The first kappa shape index (κ1) is 25.5. The monoisotopic (exact) mass is 547 g/mol. The SMILES string of the molecule is Cc1ccc(-n2c(SCC(=O)NN3C(=O)CSC3c3cccc([N+](=O)[O-])c3)nc3ccccc3c2=O)cc1. The third-order valence-electron chi connectivity index (χ3n) is 5.85. The van der Waals surface area contributed by atoms with Crippen LogP contribution in [0, 0.1) is 17.0 Å². The van der Waals surface area contributed by atoms with Crippen molar-refractivity contribution in [3.63, 3.8) is 0 Å². The zero-order valence-corrected chi connectivity index (χ0v) is 21.7. The van der Waals surface area contributed by atoms with Gasteiger partial charge in [-0.05, 0) is 36.8 Å². The molecule has 0 spiro atoms. The minimum absolute atomic E-state index is 0.0965. The number of fused-ring (bicyclic) bond motifs is 1. The lowest BCUT2D eigenvalue weighted by Gasteiger charge is -2.24. The van der Waals surface area contributed by atoms with Crippen molar-refractivity contribution in [2.75, 3.05) is 11.5 Å². The van der Waals surface area contributed by atoms with Crippen molar-refractivity contribution in [1.82, 2.24) is 20.0 Å². The number of para-hydroxylation sites is 1. The van der Waals surface area contributed by atoms with Gasteiger partial charge < -0.3 is 0 Å². The Bertz CT molecular complexity index is 1620. The van der Waals surface area contributed by atoms with Gasteiger partial charge >= 0.3 is 0 Å². The highest BCUT2D eigenvalue weighted by Gasteiger charge is 2.35.